The van der Waals surface area contributed by atoms with Crippen LogP contribution in [-0.4, -0.2) is 116 Å². The molecule has 0 aliphatic carbocycles. The van der Waals surface area contributed by atoms with E-state index in [2.05, 4.69) is 8.37 Å². The number of non-ortho nitro benzene ring substituents is 1. The Morgan fingerprint density at radius 1 is 0.868 bits per heavy atom. The van der Waals surface area contributed by atoms with Crippen LogP contribution in [0.25, 0.3) is 0 Å². The molecule has 17 nitrogen and oxygen atoms in total. The molecule has 20 heteroatoms. The first-order chi connectivity index (χ1) is 17.5. The van der Waals surface area contributed by atoms with E-state index < -0.39 is 88.4 Å². The average Bonchev–Trinajstić information content (AvgIpc) is 2.80. The van der Waals surface area contributed by atoms with Crippen molar-refractivity contribution in [2.75, 3.05) is 76.4 Å². The molecule has 0 unspecified atom stereocenters. The van der Waals surface area contributed by atoms with Crippen LogP contribution in [0.3, 0.4) is 0 Å². The number of hydrogen-bond donors (Lipinski definition) is 0. The summed E-state index contributed by atoms with van der Waals surface area (Å²) in [5.41, 5.74) is -2.40. The maximum Gasteiger partial charge on any atom is 0.300 e. The second-order valence-corrected chi connectivity index (χ2v) is 13.4. The van der Waals surface area contributed by atoms with Crippen molar-refractivity contribution in [3.8, 4) is 0 Å². The molecule has 0 saturated carbocycles. The second-order valence-electron chi connectivity index (χ2n) is 8.20. The molecule has 1 aromatic carbocycles. The van der Waals surface area contributed by atoms with Crippen molar-refractivity contribution in [2.45, 2.75) is 11.8 Å². The Hall–Kier alpha value is -2.49. The molecule has 0 N–H and O–H groups in total. The molecule has 1 aromatic rings. The van der Waals surface area contributed by atoms with Crippen molar-refractivity contribution >= 4 is 47.3 Å². The fraction of sp³-hybridized carbons (Fsp3) is 0.667. The maximum absolute atomic E-state index is 13.7. The van der Waals surface area contributed by atoms with Crippen LogP contribution in [0.4, 0.5) is 17.1 Å². The number of benzene rings is 1. The summed E-state index contributed by atoms with van der Waals surface area (Å²) in [5.74, 6) is 0. The van der Waals surface area contributed by atoms with Crippen molar-refractivity contribution in [3.63, 3.8) is 0 Å². The van der Waals surface area contributed by atoms with E-state index in [1.54, 1.807) is 0 Å². The van der Waals surface area contributed by atoms with E-state index in [4.69, 9.17) is 0 Å². The van der Waals surface area contributed by atoms with Crippen LogP contribution < -0.4 is 4.90 Å². The number of nitrogens with zero attached hydrogens (tertiary/aromatic N) is 5. The summed E-state index contributed by atoms with van der Waals surface area (Å²) in [5, 5.41) is 23.5. The van der Waals surface area contributed by atoms with Crippen LogP contribution in [0, 0.1) is 20.2 Å². The fourth-order valence-corrected chi connectivity index (χ4v) is 6.12. The van der Waals surface area contributed by atoms with Gasteiger partial charge in [0.25, 0.3) is 25.9 Å². The minimum Gasteiger partial charge on any atom is -0.360 e. The molecule has 0 atom stereocenters. The first kappa shape index (κ1) is 31.7. The van der Waals surface area contributed by atoms with E-state index in [1.165, 1.54) is 0 Å². The summed E-state index contributed by atoms with van der Waals surface area (Å²) < 4.78 is 83.6. The predicted molar refractivity (Wildman–Crippen MR) is 134 cm³/mol. The number of rotatable bonds is 14. The number of nitro groups is 2. The number of likely N-dealkylation sites (N-methyl/N-ethyl adjacent to an activating group) is 1. The van der Waals surface area contributed by atoms with Gasteiger partial charge in [-0.15, -0.1) is 0 Å². The van der Waals surface area contributed by atoms with Crippen LogP contribution in [0.5, 0.6) is 0 Å². The van der Waals surface area contributed by atoms with Crippen molar-refractivity contribution in [1.82, 2.24) is 9.21 Å². The van der Waals surface area contributed by atoms with Crippen LogP contribution in [0.2, 0.25) is 0 Å². The van der Waals surface area contributed by atoms with Crippen LogP contribution in [-0.2, 0) is 38.6 Å². The second kappa shape index (κ2) is 12.6. The van der Waals surface area contributed by atoms with Gasteiger partial charge in [0.2, 0.25) is 10.0 Å². The quantitative estimate of drug-likeness (QED) is 0.150. The van der Waals surface area contributed by atoms with E-state index in [1.807, 2.05) is 11.8 Å². The SMILES string of the molecule is CCN1CCN(S(=O)(=O)c2cc([N+](=O)[O-])cc([N+](=O)[O-])c2N(CCOS(C)(=O)=O)CCOS(C)(=O)=O)CC1. The van der Waals surface area contributed by atoms with Gasteiger partial charge >= 0.3 is 5.69 Å². The molecule has 0 aromatic heterocycles. The lowest BCUT2D eigenvalue weighted by atomic mass is 10.2. The zero-order valence-corrected chi connectivity index (χ0v) is 23.3. The molecule has 1 heterocycles. The summed E-state index contributed by atoms with van der Waals surface area (Å²) in [6.45, 7) is 1.17. The number of hydrogen-bond acceptors (Lipinski definition) is 14. The molecule has 2 rings (SSSR count). The Morgan fingerprint density at radius 3 is 1.76 bits per heavy atom. The highest BCUT2D eigenvalue weighted by Gasteiger charge is 2.38. The van der Waals surface area contributed by atoms with Crippen LogP contribution in [0.15, 0.2) is 17.0 Å². The van der Waals surface area contributed by atoms with E-state index in [0.717, 1.165) is 21.7 Å². The summed E-state index contributed by atoms with van der Waals surface area (Å²) >= 11 is 0. The van der Waals surface area contributed by atoms with Crippen molar-refractivity contribution in [2.24, 2.45) is 0 Å². The Bertz CT molecular complexity index is 1320. The van der Waals surface area contributed by atoms with Gasteiger partial charge in [-0.1, -0.05) is 6.92 Å². The molecule has 216 valence electrons. The van der Waals surface area contributed by atoms with E-state index in [-0.39, 0.29) is 13.1 Å². The van der Waals surface area contributed by atoms with Crippen molar-refractivity contribution in [1.29, 1.82) is 0 Å². The van der Waals surface area contributed by atoms with Gasteiger partial charge in [0, 0.05) is 45.3 Å². The molecule has 0 bridgehead atoms. The Kier molecular flexibility index (Phi) is 10.5. The molecule has 1 fully saturated rings. The van der Waals surface area contributed by atoms with Gasteiger partial charge in [-0.05, 0) is 6.54 Å². The van der Waals surface area contributed by atoms with Gasteiger partial charge < -0.3 is 9.80 Å². The van der Waals surface area contributed by atoms with E-state index in [0.29, 0.717) is 31.8 Å². The minimum atomic E-state index is -4.55. The zero-order chi connectivity index (χ0) is 28.9. The third-order valence-corrected chi connectivity index (χ3v) is 8.58. The summed E-state index contributed by atoms with van der Waals surface area (Å²) in [6.07, 6.45) is 1.51. The average molecular weight is 604 g/mol. The monoisotopic (exact) mass is 603 g/mol. The maximum atomic E-state index is 13.7. The van der Waals surface area contributed by atoms with E-state index in [9.17, 15) is 45.5 Å². The lowest BCUT2D eigenvalue weighted by Gasteiger charge is -2.34. The third kappa shape index (κ3) is 8.78. The highest BCUT2D eigenvalue weighted by atomic mass is 32.2. The van der Waals surface area contributed by atoms with Gasteiger partial charge in [-0.3, -0.25) is 28.6 Å². The molecular weight excluding hydrogens is 574 g/mol. The van der Waals surface area contributed by atoms with Crippen LogP contribution in [0.1, 0.15) is 6.92 Å². The molecule has 1 aliphatic heterocycles. The molecule has 1 saturated heterocycles. The van der Waals surface area contributed by atoms with Gasteiger partial charge in [0.15, 0.2) is 0 Å². The number of nitro benzene ring substituents is 2. The molecule has 0 radical (unpaired) electrons. The highest BCUT2D eigenvalue weighted by Crippen LogP contribution is 2.40. The topological polar surface area (TPSA) is 217 Å². The first-order valence-electron chi connectivity index (χ1n) is 11.1. The fourth-order valence-electron chi connectivity index (χ4n) is 3.70. The summed E-state index contributed by atoms with van der Waals surface area (Å²) in [4.78, 5) is 23.7. The molecule has 38 heavy (non-hydrogen) atoms. The smallest absolute Gasteiger partial charge is 0.300 e. The predicted octanol–water partition coefficient (Wildman–Crippen LogP) is -0.412. The minimum absolute atomic E-state index is 0.0144. The molecule has 1 aliphatic rings. The largest absolute Gasteiger partial charge is 0.360 e. The number of sulfonamides is 1. The number of piperazine rings is 1. The van der Waals surface area contributed by atoms with Crippen LogP contribution >= 0.6 is 0 Å². The Morgan fingerprint density at radius 2 is 1.37 bits per heavy atom. The van der Waals surface area contributed by atoms with Gasteiger partial charge in [0.1, 0.15) is 10.6 Å². The standard InChI is InChI=1S/C18H29N5O12S3/c1-4-19-5-7-21(8-6-19)38(32,33)17-14-15(22(24)25)13-16(23(26)27)18(17)20(9-11-34-36(2,28)29)10-12-35-37(3,30)31/h13-14H,4-12H2,1-3H3. The number of anilines is 1. The van der Waals surface area contributed by atoms with Crippen molar-refractivity contribution in [3.05, 3.63) is 32.4 Å². The molecule has 0 spiro atoms. The third-order valence-electron chi connectivity index (χ3n) is 5.48. The first-order valence-corrected chi connectivity index (χ1v) is 16.2. The zero-order valence-electron chi connectivity index (χ0n) is 20.9. The lowest BCUT2D eigenvalue weighted by molar-refractivity contribution is -0.394. The molecular formula is C18H29N5O12S3. The summed E-state index contributed by atoms with van der Waals surface area (Å²) in [7, 11) is -12.5. The Labute approximate surface area is 220 Å². The normalized spacial score (nSPS) is 15.9. The van der Waals surface area contributed by atoms with E-state index >= 15 is 0 Å². The highest BCUT2D eigenvalue weighted by molar-refractivity contribution is 7.89. The van der Waals surface area contributed by atoms with Gasteiger partial charge in [-0.25, -0.2) is 8.42 Å². The Balaban J connectivity index is 2.70. The van der Waals surface area contributed by atoms with Gasteiger partial charge in [-0.2, -0.15) is 21.1 Å². The lowest BCUT2D eigenvalue weighted by Crippen LogP contribution is -2.48. The van der Waals surface area contributed by atoms with Crippen molar-refractivity contribution < 1.29 is 43.5 Å². The molecule has 0 amide bonds. The van der Waals surface area contributed by atoms with Gasteiger partial charge in [0.05, 0.1) is 41.6 Å². The summed E-state index contributed by atoms with van der Waals surface area (Å²) in [6, 6.07) is 1.26.